The van der Waals surface area contributed by atoms with Crippen molar-refractivity contribution >= 4 is 0 Å². The summed E-state index contributed by atoms with van der Waals surface area (Å²) in [6.07, 6.45) is 9.65. The van der Waals surface area contributed by atoms with E-state index >= 15 is 0 Å². The van der Waals surface area contributed by atoms with Gasteiger partial charge < -0.3 is 4.90 Å². The number of piperidine rings is 1. The van der Waals surface area contributed by atoms with Gasteiger partial charge in [0.15, 0.2) is 0 Å². The van der Waals surface area contributed by atoms with Crippen LogP contribution in [0.5, 0.6) is 0 Å². The number of aromatic nitrogens is 1. The van der Waals surface area contributed by atoms with Crippen molar-refractivity contribution in [2.45, 2.75) is 19.3 Å². The highest BCUT2D eigenvalue weighted by atomic mass is 15.1. The van der Waals surface area contributed by atoms with E-state index in [0.717, 1.165) is 6.42 Å². The third kappa shape index (κ3) is 3.17. The Morgan fingerprint density at radius 1 is 1.27 bits per heavy atom. The van der Waals surface area contributed by atoms with Crippen LogP contribution in [0.15, 0.2) is 36.2 Å². The summed E-state index contributed by atoms with van der Waals surface area (Å²) in [7, 11) is 2.19. The average molecular weight is 202 g/mol. The number of likely N-dealkylation sites (tertiary alicyclic amines) is 1. The molecular formula is C13H18N2. The summed E-state index contributed by atoms with van der Waals surface area (Å²) in [5.74, 6) is 0. The van der Waals surface area contributed by atoms with Crippen molar-refractivity contribution in [1.29, 1.82) is 0 Å². The number of allylic oxidation sites excluding steroid dienone is 1. The third-order valence-electron chi connectivity index (χ3n) is 3.01. The maximum atomic E-state index is 4.02. The summed E-state index contributed by atoms with van der Waals surface area (Å²) in [6.45, 7) is 2.42. The number of pyridine rings is 1. The van der Waals surface area contributed by atoms with Gasteiger partial charge in [0.2, 0.25) is 0 Å². The van der Waals surface area contributed by atoms with Gasteiger partial charge >= 0.3 is 0 Å². The van der Waals surface area contributed by atoms with Crippen molar-refractivity contribution in [2.75, 3.05) is 20.1 Å². The third-order valence-corrected chi connectivity index (χ3v) is 3.01. The zero-order valence-corrected chi connectivity index (χ0v) is 9.32. The highest BCUT2D eigenvalue weighted by Gasteiger charge is 2.08. The fourth-order valence-corrected chi connectivity index (χ4v) is 1.89. The lowest BCUT2D eigenvalue weighted by molar-refractivity contribution is 0.312. The van der Waals surface area contributed by atoms with Gasteiger partial charge in [0.05, 0.1) is 0 Å². The van der Waals surface area contributed by atoms with Gasteiger partial charge in [0, 0.05) is 25.5 Å². The fourth-order valence-electron chi connectivity index (χ4n) is 1.89. The van der Waals surface area contributed by atoms with Gasteiger partial charge in [-0.25, -0.2) is 0 Å². The number of rotatable bonds is 2. The topological polar surface area (TPSA) is 16.1 Å². The molecule has 2 heteroatoms. The Kier molecular flexibility index (Phi) is 3.51. The van der Waals surface area contributed by atoms with Crippen LogP contribution < -0.4 is 0 Å². The van der Waals surface area contributed by atoms with Crippen molar-refractivity contribution in [3.8, 4) is 0 Å². The van der Waals surface area contributed by atoms with E-state index in [1.54, 1.807) is 5.57 Å². The molecule has 2 rings (SSSR count). The molecule has 0 aromatic carbocycles. The lowest BCUT2D eigenvalue weighted by atomic mass is 10.0. The zero-order chi connectivity index (χ0) is 10.5. The van der Waals surface area contributed by atoms with Crippen LogP contribution in [0, 0.1) is 0 Å². The molecule has 1 aromatic heterocycles. The Morgan fingerprint density at radius 2 is 1.93 bits per heavy atom. The Morgan fingerprint density at radius 3 is 2.60 bits per heavy atom. The highest BCUT2D eigenvalue weighted by Crippen LogP contribution is 2.15. The molecule has 1 saturated heterocycles. The Hall–Kier alpha value is -1.15. The molecule has 80 valence electrons. The molecule has 0 N–H and O–H groups in total. The smallest absolute Gasteiger partial charge is 0.0270 e. The van der Waals surface area contributed by atoms with Gasteiger partial charge in [0.25, 0.3) is 0 Å². The average Bonchev–Trinajstić information content (AvgIpc) is 2.30. The largest absolute Gasteiger partial charge is 0.306 e. The summed E-state index contributed by atoms with van der Waals surface area (Å²) in [5.41, 5.74) is 2.97. The second-order valence-corrected chi connectivity index (χ2v) is 4.23. The Balaban J connectivity index is 1.89. The molecule has 0 unspecified atom stereocenters. The molecule has 1 aliphatic heterocycles. The molecule has 0 radical (unpaired) electrons. The van der Waals surface area contributed by atoms with Gasteiger partial charge in [-0.2, -0.15) is 0 Å². The highest BCUT2D eigenvalue weighted by molar-refractivity contribution is 5.17. The standard InChI is InChI=1S/C13H18N2/c1-15-10-6-13(7-11-15)3-2-12-4-8-14-9-5-12/h3-5,8-9H,2,6-7,10-11H2,1H3. The molecule has 2 heterocycles. The first-order valence-electron chi connectivity index (χ1n) is 5.60. The fraction of sp³-hybridized carbons (Fsp3) is 0.462. The van der Waals surface area contributed by atoms with E-state index in [1.165, 1.54) is 31.5 Å². The minimum absolute atomic E-state index is 1.06. The first-order valence-corrected chi connectivity index (χ1v) is 5.60. The zero-order valence-electron chi connectivity index (χ0n) is 9.32. The molecule has 0 bridgehead atoms. The monoisotopic (exact) mass is 202 g/mol. The molecule has 0 aliphatic carbocycles. The molecular weight excluding hydrogens is 184 g/mol. The van der Waals surface area contributed by atoms with Crippen molar-refractivity contribution in [1.82, 2.24) is 9.88 Å². The van der Waals surface area contributed by atoms with E-state index in [0.29, 0.717) is 0 Å². The second kappa shape index (κ2) is 5.08. The summed E-state index contributed by atoms with van der Waals surface area (Å²) in [6, 6.07) is 4.18. The van der Waals surface area contributed by atoms with E-state index in [9.17, 15) is 0 Å². The van der Waals surface area contributed by atoms with Crippen molar-refractivity contribution in [2.24, 2.45) is 0 Å². The van der Waals surface area contributed by atoms with Crippen LogP contribution in [0.3, 0.4) is 0 Å². The quantitative estimate of drug-likeness (QED) is 0.684. The molecule has 1 fully saturated rings. The first-order chi connectivity index (χ1) is 7.34. The van der Waals surface area contributed by atoms with Gasteiger partial charge in [0.1, 0.15) is 0 Å². The van der Waals surface area contributed by atoms with E-state index in [4.69, 9.17) is 0 Å². The van der Waals surface area contributed by atoms with Crippen LogP contribution in [-0.2, 0) is 6.42 Å². The van der Waals surface area contributed by atoms with Crippen LogP contribution in [0.1, 0.15) is 18.4 Å². The summed E-state index contributed by atoms with van der Waals surface area (Å²) < 4.78 is 0. The number of hydrogen-bond donors (Lipinski definition) is 0. The Labute approximate surface area is 91.6 Å². The van der Waals surface area contributed by atoms with Crippen molar-refractivity contribution in [3.05, 3.63) is 41.7 Å². The summed E-state index contributed by atoms with van der Waals surface area (Å²) in [5, 5.41) is 0. The maximum absolute atomic E-state index is 4.02. The summed E-state index contributed by atoms with van der Waals surface area (Å²) >= 11 is 0. The second-order valence-electron chi connectivity index (χ2n) is 4.23. The molecule has 2 nitrogen and oxygen atoms in total. The van der Waals surface area contributed by atoms with Crippen LogP contribution >= 0.6 is 0 Å². The van der Waals surface area contributed by atoms with Crippen LogP contribution in [-0.4, -0.2) is 30.0 Å². The molecule has 0 atom stereocenters. The molecule has 0 amide bonds. The predicted molar refractivity (Wildman–Crippen MR) is 62.8 cm³/mol. The first kappa shape index (κ1) is 10.4. The normalized spacial score (nSPS) is 17.8. The predicted octanol–water partition coefficient (Wildman–Crippen LogP) is 2.28. The van der Waals surface area contributed by atoms with E-state index in [1.807, 2.05) is 12.4 Å². The van der Waals surface area contributed by atoms with Gasteiger partial charge in [-0.15, -0.1) is 0 Å². The van der Waals surface area contributed by atoms with Crippen molar-refractivity contribution < 1.29 is 0 Å². The van der Waals surface area contributed by atoms with Crippen LogP contribution in [0.25, 0.3) is 0 Å². The van der Waals surface area contributed by atoms with Crippen LogP contribution in [0.4, 0.5) is 0 Å². The van der Waals surface area contributed by atoms with Gasteiger partial charge in [-0.3, -0.25) is 4.98 Å². The van der Waals surface area contributed by atoms with Gasteiger partial charge in [-0.1, -0.05) is 11.6 Å². The number of nitrogens with zero attached hydrogens (tertiary/aromatic N) is 2. The lowest BCUT2D eigenvalue weighted by Crippen LogP contribution is -2.26. The molecule has 15 heavy (non-hydrogen) atoms. The lowest BCUT2D eigenvalue weighted by Gasteiger charge is -2.24. The van der Waals surface area contributed by atoms with Crippen molar-refractivity contribution in [3.63, 3.8) is 0 Å². The molecule has 0 saturated carbocycles. The number of hydrogen-bond acceptors (Lipinski definition) is 2. The molecule has 1 aromatic rings. The molecule has 0 spiro atoms. The maximum Gasteiger partial charge on any atom is 0.0270 e. The SMILES string of the molecule is CN1CCC(=CCc2ccncc2)CC1. The van der Waals surface area contributed by atoms with Crippen LogP contribution in [0.2, 0.25) is 0 Å². The van der Waals surface area contributed by atoms with E-state index < -0.39 is 0 Å². The van der Waals surface area contributed by atoms with E-state index in [2.05, 4.69) is 35.1 Å². The summed E-state index contributed by atoms with van der Waals surface area (Å²) in [4.78, 5) is 6.42. The minimum Gasteiger partial charge on any atom is -0.306 e. The van der Waals surface area contributed by atoms with Gasteiger partial charge in [-0.05, 0) is 44.0 Å². The van der Waals surface area contributed by atoms with E-state index in [-0.39, 0.29) is 0 Å². The Bertz CT molecular complexity index is 320. The molecule has 1 aliphatic rings. The minimum atomic E-state index is 1.06.